The summed E-state index contributed by atoms with van der Waals surface area (Å²) in [5.74, 6) is -1.34. The van der Waals surface area contributed by atoms with Gasteiger partial charge in [-0.15, -0.1) is 22.7 Å². The first-order valence-corrected chi connectivity index (χ1v) is 15.3. The van der Waals surface area contributed by atoms with Crippen molar-refractivity contribution in [3.05, 3.63) is 66.3 Å². The average Bonchev–Trinajstić information content (AvgIpc) is 3.51. The van der Waals surface area contributed by atoms with Crippen LogP contribution in [-0.4, -0.2) is 51.5 Å². The Balaban J connectivity index is 1.53. The van der Waals surface area contributed by atoms with E-state index < -0.39 is 29.2 Å². The first kappa shape index (κ1) is 31.5. The summed E-state index contributed by atoms with van der Waals surface area (Å²) < 4.78 is 11.5. The monoisotopic (exact) mass is 632 g/mol. The minimum absolute atomic E-state index is 0.0811. The number of esters is 1. The highest BCUT2D eigenvalue weighted by Crippen LogP contribution is 2.28. The summed E-state index contributed by atoms with van der Waals surface area (Å²) in [5, 5.41) is 5.90. The van der Waals surface area contributed by atoms with E-state index in [2.05, 4.69) is 15.6 Å². The molecular formula is C29H33ClN4O6S2. The topological polar surface area (TPSA) is 127 Å². The molecular weight excluding hydrogens is 600 g/mol. The molecule has 0 unspecified atom stereocenters. The zero-order valence-corrected chi connectivity index (χ0v) is 26.6. The molecule has 0 saturated heterocycles. The number of hydrogen-bond donors (Lipinski definition) is 2. The van der Waals surface area contributed by atoms with E-state index in [0.717, 1.165) is 21.9 Å². The van der Waals surface area contributed by atoms with E-state index in [-0.39, 0.29) is 23.0 Å². The zero-order chi connectivity index (χ0) is 30.8. The molecule has 1 aliphatic rings. The molecule has 10 nitrogen and oxygen atoms in total. The molecule has 42 heavy (non-hydrogen) atoms. The second-order valence-electron chi connectivity index (χ2n) is 11.7. The summed E-state index contributed by atoms with van der Waals surface area (Å²) in [5.41, 5.74) is 0.585. The number of fused-ring (bicyclic) bond motifs is 1. The first-order chi connectivity index (χ1) is 19.6. The number of nitrogens with one attached hydrogen (secondary N) is 2. The van der Waals surface area contributed by atoms with Crippen LogP contribution >= 0.6 is 34.3 Å². The van der Waals surface area contributed by atoms with Crippen LogP contribution in [0, 0.1) is 0 Å². The Hall–Kier alpha value is -3.48. The number of thiophene rings is 1. The zero-order valence-electron chi connectivity index (χ0n) is 24.3. The molecule has 0 aliphatic carbocycles. The molecule has 1 aromatic carbocycles. The number of nitrogens with zero attached hydrogens (tertiary/aromatic N) is 2. The number of aromatic nitrogens is 1. The maximum Gasteiger partial charge on any atom is 0.410 e. The molecule has 13 heteroatoms. The Bertz CT molecular complexity index is 1520. The van der Waals surface area contributed by atoms with Gasteiger partial charge >= 0.3 is 12.1 Å². The van der Waals surface area contributed by atoms with Crippen LogP contribution in [0.1, 0.15) is 87.5 Å². The number of thiazole rings is 1. The van der Waals surface area contributed by atoms with E-state index >= 15 is 0 Å². The third kappa shape index (κ3) is 8.30. The molecule has 0 fully saturated rings. The molecule has 4 rings (SSSR count). The van der Waals surface area contributed by atoms with Crippen LogP contribution in [0.3, 0.4) is 0 Å². The molecule has 2 N–H and O–H groups in total. The van der Waals surface area contributed by atoms with Crippen molar-refractivity contribution in [1.82, 2.24) is 15.2 Å². The second-order valence-corrected chi connectivity index (χ2v) is 14.5. The van der Waals surface area contributed by atoms with Gasteiger partial charge in [0.15, 0.2) is 5.01 Å². The van der Waals surface area contributed by atoms with E-state index in [4.69, 9.17) is 21.1 Å². The van der Waals surface area contributed by atoms with Crippen molar-refractivity contribution < 1.29 is 28.7 Å². The van der Waals surface area contributed by atoms with Gasteiger partial charge < -0.3 is 25.0 Å². The standard InChI is InChI=1S/C29H33ClN4O6S2/c1-28(2,3)39-26(37)16-7-8-17(14-31-23(35)20-9-10-22(30)41-20)19(13-16)32-24(36)25-33-18-11-12-34(15-21(18)42-25)27(38)40-29(4,5)6/h7-10,13H,11-12,14-15H2,1-6H3,(H,31,35)(H,32,36). The van der Waals surface area contributed by atoms with Gasteiger partial charge in [-0.2, -0.15) is 0 Å². The van der Waals surface area contributed by atoms with Crippen LogP contribution < -0.4 is 10.6 Å². The largest absolute Gasteiger partial charge is 0.456 e. The minimum atomic E-state index is -0.706. The van der Waals surface area contributed by atoms with Crippen LogP contribution in [0.5, 0.6) is 0 Å². The summed E-state index contributed by atoms with van der Waals surface area (Å²) in [7, 11) is 0. The normalized spacial score (nSPS) is 13.3. The molecule has 3 amide bonds. The fourth-order valence-electron chi connectivity index (χ4n) is 3.96. The third-order valence-corrected chi connectivity index (χ3v) is 8.12. The summed E-state index contributed by atoms with van der Waals surface area (Å²) in [6.45, 7) is 11.5. The van der Waals surface area contributed by atoms with Crippen molar-refractivity contribution in [2.24, 2.45) is 0 Å². The van der Waals surface area contributed by atoms with Gasteiger partial charge in [-0.05, 0) is 71.4 Å². The predicted molar refractivity (Wildman–Crippen MR) is 163 cm³/mol. The Morgan fingerprint density at radius 1 is 0.976 bits per heavy atom. The lowest BCUT2D eigenvalue weighted by Crippen LogP contribution is -2.39. The van der Waals surface area contributed by atoms with Crippen LogP contribution in [0.4, 0.5) is 10.5 Å². The highest BCUT2D eigenvalue weighted by Gasteiger charge is 2.29. The molecule has 3 heterocycles. The molecule has 0 spiro atoms. The molecule has 0 radical (unpaired) electrons. The van der Waals surface area contributed by atoms with Crippen LogP contribution in [0.2, 0.25) is 4.34 Å². The number of amides is 3. The Morgan fingerprint density at radius 2 is 1.69 bits per heavy atom. The molecule has 224 valence electrons. The number of carbonyl (C=O) groups excluding carboxylic acids is 4. The van der Waals surface area contributed by atoms with Gasteiger partial charge in [0.05, 0.1) is 27.0 Å². The lowest BCUT2D eigenvalue weighted by molar-refractivity contribution is 0.00684. The number of benzene rings is 1. The van der Waals surface area contributed by atoms with Crippen molar-refractivity contribution in [3.8, 4) is 0 Å². The minimum Gasteiger partial charge on any atom is -0.456 e. The Kier molecular flexibility index (Phi) is 9.29. The number of anilines is 1. The predicted octanol–water partition coefficient (Wildman–Crippen LogP) is 6.29. The SMILES string of the molecule is CC(C)(C)OC(=O)c1ccc(CNC(=O)c2ccc(Cl)s2)c(NC(=O)c2nc3c(s2)CN(C(=O)OC(C)(C)C)CC3)c1. The van der Waals surface area contributed by atoms with E-state index in [0.29, 0.717) is 40.0 Å². The molecule has 0 bridgehead atoms. The number of hydrogen-bond acceptors (Lipinski definition) is 9. The van der Waals surface area contributed by atoms with Crippen molar-refractivity contribution in [2.75, 3.05) is 11.9 Å². The fraction of sp³-hybridized carbons (Fsp3) is 0.414. The average molecular weight is 633 g/mol. The highest BCUT2D eigenvalue weighted by atomic mass is 35.5. The summed E-state index contributed by atoms with van der Waals surface area (Å²) in [6, 6.07) is 8.03. The van der Waals surface area contributed by atoms with Crippen molar-refractivity contribution >= 4 is 63.8 Å². The van der Waals surface area contributed by atoms with E-state index in [1.54, 1.807) is 49.9 Å². The molecule has 2 aromatic heterocycles. The third-order valence-electron chi connectivity index (χ3n) is 5.81. The van der Waals surface area contributed by atoms with Crippen molar-refractivity contribution in [1.29, 1.82) is 0 Å². The smallest absolute Gasteiger partial charge is 0.410 e. The van der Waals surface area contributed by atoms with Crippen LogP contribution in [0.15, 0.2) is 30.3 Å². The van der Waals surface area contributed by atoms with E-state index in [1.165, 1.54) is 17.4 Å². The number of carbonyl (C=O) groups is 4. The summed E-state index contributed by atoms with van der Waals surface area (Å²) >= 11 is 8.31. The van der Waals surface area contributed by atoms with Crippen molar-refractivity contribution in [2.45, 2.75) is 72.3 Å². The maximum atomic E-state index is 13.4. The van der Waals surface area contributed by atoms with Gasteiger partial charge in [0.2, 0.25) is 0 Å². The molecule has 0 atom stereocenters. The van der Waals surface area contributed by atoms with E-state index in [9.17, 15) is 19.2 Å². The molecule has 1 aliphatic heterocycles. The number of rotatable bonds is 6. The van der Waals surface area contributed by atoms with Crippen LogP contribution in [0.25, 0.3) is 0 Å². The first-order valence-electron chi connectivity index (χ1n) is 13.3. The lowest BCUT2D eigenvalue weighted by Gasteiger charge is -2.29. The van der Waals surface area contributed by atoms with Gasteiger partial charge in [0.25, 0.3) is 11.8 Å². The number of halogens is 1. The fourth-order valence-corrected chi connectivity index (χ4v) is 5.94. The number of ether oxygens (including phenoxy) is 2. The molecule has 3 aromatic rings. The molecule has 0 saturated carbocycles. The van der Waals surface area contributed by atoms with Gasteiger partial charge in [0.1, 0.15) is 11.2 Å². The van der Waals surface area contributed by atoms with Gasteiger partial charge in [-0.1, -0.05) is 17.7 Å². The quantitative estimate of drug-likeness (QED) is 0.306. The lowest BCUT2D eigenvalue weighted by atomic mass is 10.1. The van der Waals surface area contributed by atoms with Crippen molar-refractivity contribution in [3.63, 3.8) is 0 Å². The maximum absolute atomic E-state index is 13.4. The van der Waals surface area contributed by atoms with E-state index in [1.807, 2.05) is 20.8 Å². The van der Waals surface area contributed by atoms with Gasteiger partial charge in [-0.25, -0.2) is 14.6 Å². The van der Waals surface area contributed by atoms with Gasteiger partial charge in [0, 0.05) is 30.1 Å². The Labute approximate surface area is 257 Å². The highest BCUT2D eigenvalue weighted by molar-refractivity contribution is 7.18. The van der Waals surface area contributed by atoms with Gasteiger partial charge in [-0.3, -0.25) is 9.59 Å². The second kappa shape index (κ2) is 12.4. The Morgan fingerprint density at radius 3 is 2.33 bits per heavy atom. The summed E-state index contributed by atoms with van der Waals surface area (Å²) in [4.78, 5) is 58.7. The van der Waals surface area contributed by atoms with Crippen LogP contribution in [-0.2, 0) is 29.0 Å². The summed E-state index contributed by atoms with van der Waals surface area (Å²) in [6.07, 6.45) is 0.0827.